The maximum Gasteiger partial charge on any atom is 0.195 e. The van der Waals surface area contributed by atoms with Crippen molar-refractivity contribution < 1.29 is 14.2 Å². The Labute approximate surface area is 197 Å². The second-order valence-corrected chi connectivity index (χ2v) is 6.59. The zero-order valence-corrected chi connectivity index (χ0v) is 20.3. The molecule has 7 heteroatoms. The van der Waals surface area contributed by atoms with Gasteiger partial charge in [0.1, 0.15) is 5.75 Å². The Morgan fingerprint density at radius 3 is 2.53 bits per heavy atom. The van der Waals surface area contributed by atoms with Crippen molar-refractivity contribution in [1.82, 2.24) is 5.32 Å². The van der Waals surface area contributed by atoms with Crippen LogP contribution in [0.5, 0.6) is 5.75 Å². The average molecular weight is 527 g/mol. The number of ether oxygens (including phenoxy) is 3. The van der Waals surface area contributed by atoms with E-state index in [9.17, 15) is 0 Å². The minimum absolute atomic E-state index is 0. The molecule has 0 aromatic heterocycles. The van der Waals surface area contributed by atoms with Gasteiger partial charge in [-0.05, 0) is 30.5 Å². The highest BCUT2D eigenvalue weighted by Gasteiger charge is 2.01. The Kier molecular flexibility index (Phi) is 14.8. The lowest BCUT2D eigenvalue weighted by atomic mass is 10.2. The molecule has 0 unspecified atom stereocenters. The summed E-state index contributed by atoms with van der Waals surface area (Å²) in [5.74, 6) is 1.57. The Bertz CT molecular complexity index is 714. The molecule has 0 heterocycles. The fourth-order valence-corrected chi connectivity index (χ4v) is 2.67. The summed E-state index contributed by atoms with van der Waals surface area (Å²) in [6, 6.07) is 18.1. The number of guanidine groups is 1. The molecular weight excluding hydrogens is 493 g/mol. The maximum absolute atomic E-state index is 5.74. The van der Waals surface area contributed by atoms with E-state index in [0.717, 1.165) is 49.8 Å². The van der Waals surface area contributed by atoms with E-state index in [1.165, 1.54) is 5.56 Å². The molecule has 0 bridgehead atoms. The van der Waals surface area contributed by atoms with Gasteiger partial charge in [0.2, 0.25) is 0 Å². The molecule has 0 spiro atoms. The third-order valence-corrected chi connectivity index (χ3v) is 4.20. The molecule has 0 saturated heterocycles. The number of aliphatic imine (C=N–C) groups is 1. The monoisotopic (exact) mass is 527 g/mol. The van der Waals surface area contributed by atoms with Crippen LogP contribution in [0.3, 0.4) is 0 Å². The van der Waals surface area contributed by atoms with Crippen LogP contribution in [-0.2, 0) is 16.1 Å². The number of methoxy groups -OCH3 is 1. The minimum atomic E-state index is 0. The zero-order valence-electron chi connectivity index (χ0n) is 17.9. The van der Waals surface area contributed by atoms with Gasteiger partial charge in [0.05, 0.1) is 13.2 Å². The van der Waals surface area contributed by atoms with Crippen LogP contribution >= 0.6 is 24.0 Å². The predicted octanol–water partition coefficient (Wildman–Crippen LogP) is 4.70. The van der Waals surface area contributed by atoms with Gasteiger partial charge in [-0.2, -0.15) is 0 Å². The molecule has 30 heavy (non-hydrogen) atoms. The number of hydrogen-bond acceptors (Lipinski definition) is 4. The Balaban J connectivity index is 0.00000450. The third kappa shape index (κ3) is 11.4. The van der Waals surface area contributed by atoms with E-state index in [0.29, 0.717) is 19.8 Å². The number of anilines is 1. The smallest absolute Gasteiger partial charge is 0.195 e. The number of halogens is 1. The molecule has 0 saturated carbocycles. The summed E-state index contributed by atoms with van der Waals surface area (Å²) in [4.78, 5) is 4.28. The molecule has 0 aliphatic carbocycles. The molecule has 0 aliphatic heterocycles. The lowest BCUT2D eigenvalue weighted by Crippen LogP contribution is -2.31. The van der Waals surface area contributed by atoms with E-state index >= 15 is 0 Å². The van der Waals surface area contributed by atoms with E-state index in [-0.39, 0.29) is 24.0 Å². The van der Waals surface area contributed by atoms with E-state index in [1.807, 2.05) is 42.5 Å². The molecule has 2 aromatic rings. The van der Waals surface area contributed by atoms with Crippen molar-refractivity contribution in [3.8, 4) is 5.75 Å². The van der Waals surface area contributed by atoms with Crippen LogP contribution in [0.1, 0.15) is 24.8 Å². The topological polar surface area (TPSA) is 64.1 Å². The van der Waals surface area contributed by atoms with Crippen LogP contribution in [0.25, 0.3) is 0 Å². The first-order valence-corrected chi connectivity index (χ1v) is 10.1. The molecule has 166 valence electrons. The van der Waals surface area contributed by atoms with Gasteiger partial charge in [0.25, 0.3) is 0 Å². The van der Waals surface area contributed by atoms with E-state index in [4.69, 9.17) is 14.2 Å². The number of benzene rings is 2. The van der Waals surface area contributed by atoms with Crippen molar-refractivity contribution in [2.45, 2.75) is 25.9 Å². The second-order valence-electron chi connectivity index (χ2n) is 6.59. The summed E-state index contributed by atoms with van der Waals surface area (Å²) in [6.45, 7) is 3.59. The lowest BCUT2D eigenvalue weighted by molar-refractivity contribution is 0.117. The number of hydrogen-bond donors (Lipinski definition) is 2. The highest BCUT2D eigenvalue weighted by atomic mass is 127. The number of rotatable bonds is 13. The molecule has 6 nitrogen and oxygen atoms in total. The Morgan fingerprint density at radius 2 is 1.77 bits per heavy atom. The van der Waals surface area contributed by atoms with E-state index in [1.54, 1.807) is 14.2 Å². The molecule has 0 atom stereocenters. The number of nitrogens with one attached hydrogen (secondary N) is 2. The molecule has 0 aliphatic rings. The van der Waals surface area contributed by atoms with Gasteiger partial charge in [-0.3, -0.25) is 4.99 Å². The van der Waals surface area contributed by atoms with Gasteiger partial charge in [-0.1, -0.05) is 36.4 Å². The van der Waals surface area contributed by atoms with E-state index < -0.39 is 0 Å². The summed E-state index contributed by atoms with van der Waals surface area (Å²) in [6.07, 6.45) is 2.88. The van der Waals surface area contributed by atoms with Crippen molar-refractivity contribution in [2.24, 2.45) is 4.99 Å². The van der Waals surface area contributed by atoms with Crippen molar-refractivity contribution in [2.75, 3.05) is 45.8 Å². The number of nitrogens with zero attached hydrogens (tertiary/aromatic N) is 1. The molecule has 2 rings (SSSR count). The van der Waals surface area contributed by atoms with Gasteiger partial charge >= 0.3 is 0 Å². The first-order chi connectivity index (χ1) is 14.3. The molecule has 0 radical (unpaired) electrons. The van der Waals surface area contributed by atoms with Gasteiger partial charge in [0.15, 0.2) is 5.96 Å². The average Bonchev–Trinajstić information content (AvgIpc) is 2.76. The van der Waals surface area contributed by atoms with E-state index in [2.05, 4.69) is 27.8 Å². The molecule has 2 N–H and O–H groups in total. The summed E-state index contributed by atoms with van der Waals surface area (Å²) in [5, 5.41) is 6.63. The fourth-order valence-electron chi connectivity index (χ4n) is 2.67. The maximum atomic E-state index is 5.74. The van der Waals surface area contributed by atoms with Crippen LogP contribution in [0, 0.1) is 0 Å². The lowest BCUT2D eigenvalue weighted by Gasteiger charge is -2.13. The summed E-state index contributed by atoms with van der Waals surface area (Å²) >= 11 is 0. The third-order valence-electron chi connectivity index (χ3n) is 4.20. The number of unbranched alkanes of at least 4 members (excludes halogenated alkanes) is 1. The summed E-state index contributed by atoms with van der Waals surface area (Å²) < 4.78 is 16.5. The second kappa shape index (κ2) is 16.9. The van der Waals surface area contributed by atoms with Gasteiger partial charge in [-0.25, -0.2) is 0 Å². The van der Waals surface area contributed by atoms with Crippen molar-refractivity contribution in [3.05, 3.63) is 60.2 Å². The first-order valence-electron chi connectivity index (χ1n) is 10.1. The van der Waals surface area contributed by atoms with Gasteiger partial charge < -0.3 is 24.8 Å². The van der Waals surface area contributed by atoms with Crippen molar-refractivity contribution in [1.29, 1.82) is 0 Å². The van der Waals surface area contributed by atoms with Gasteiger partial charge in [-0.15, -0.1) is 24.0 Å². The standard InChI is InChI=1S/C23H33N3O3.HI/c1-24-23(25-14-6-7-16-28-19-20-10-4-3-5-11-20)26-21-12-8-13-22(18-21)29-17-9-15-27-2;/h3-5,8,10-13,18H,6-7,9,14-17,19H2,1-2H3,(H2,24,25,26);1H. The summed E-state index contributed by atoms with van der Waals surface area (Å²) in [7, 11) is 3.46. The fraction of sp³-hybridized carbons (Fsp3) is 0.435. The molecule has 0 amide bonds. The van der Waals surface area contributed by atoms with Crippen LogP contribution < -0.4 is 15.4 Å². The van der Waals surface area contributed by atoms with Gasteiger partial charge in [0, 0.05) is 52.1 Å². The summed E-state index contributed by atoms with van der Waals surface area (Å²) in [5.41, 5.74) is 2.15. The highest BCUT2D eigenvalue weighted by molar-refractivity contribution is 14.0. The predicted molar refractivity (Wildman–Crippen MR) is 134 cm³/mol. The van der Waals surface area contributed by atoms with Crippen LogP contribution in [-0.4, -0.2) is 46.5 Å². The van der Waals surface area contributed by atoms with Crippen molar-refractivity contribution >= 4 is 35.6 Å². The van der Waals surface area contributed by atoms with Crippen LogP contribution in [0.4, 0.5) is 5.69 Å². The quantitative estimate of drug-likeness (QED) is 0.171. The molecule has 2 aromatic carbocycles. The zero-order chi connectivity index (χ0) is 20.6. The Morgan fingerprint density at radius 1 is 0.933 bits per heavy atom. The molecule has 0 fully saturated rings. The van der Waals surface area contributed by atoms with Crippen LogP contribution in [0.15, 0.2) is 59.6 Å². The SMILES string of the molecule is CN=C(NCCCCOCc1ccccc1)Nc1cccc(OCCCOC)c1.I. The minimum Gasteiger partial charge on any atom is -0.493 e. The molecular formula is C23H34IN3O3. The first kappa shape index (κ1) is 26.2. The Hall–Kier alpha value is -1.84. The normalized spacial score (nSPS) is 10.9. The van der Waals surface area contributed by atoms with Crippen LogP contribution in [0.2, 0.25) is 0 Å². The van der Waals surface area contributed by atoms with Crippen molar-refractivity contribution in [3.63, 3.8) is 0 Å². The largest absolute Gasteiger partial charge is 0.493 e. The highest BCUT2D eigenvalue weighted by Crippen LogP contribution is 2.17.